The molecule has 1 aromatic heterocycles. The number of likely N-dealkylation sites (tertiary alicyclic amines) is 1. The van der Waals surface area contributed by atoms with Crippen molar-refractivity contribution in [2.75, 3.05) is 13.1 Å². The first-order chi connectivity index (χ1) is 10.8. The van der Waals surface area contributed by atoms with Crippen molar-refractivity contribution in [1.29, 1.82) is 5.26 Å². The first-order valence-corrected chi connectivity index (χ1v) is 7.53. The van der Waals surface area contributed by atoms with Gasteiger partial charge in [0.1, 0.15) is 0 Å². The van der Waals surface area contributed by atoms with E-state index in [1.807, 2.05) is 21.8 Å². The zero-order chi connectivity index (χ0) is 15.4. The summed E-state index contributed by atoms with van der Waals surface area (Å²) in [6, 6.07) is 10.9. The fourth-order valence-electron chi connectivity index (χ4n) is 2.90. The van der Waals surface area contributed by atoms with E-state index in [-0.39, 0.29) is 5.91 Å². The Balaban J connectivity index is 1.58. The molecule has 0 N–H and O–H groups in total. The third kappa shape index (κ3) is 3.17. The van der Waals surface area contributed by atoms with Crippen LogP contribution in [0.1, 0.15) is 28.8 Å². The van der Waals surface area contributed by atoms with Crippen LogP contribution in [0.25, 0.3) is 0 Å². The minimum Gasteiger partial charge on any atom is -0.339 e. The maximum atomic E-state index is 12.5. The van der Waals surface area contributed by atoms with Gasteiger partial charge >= 0.3 is 0 Å². The molecule has 0 aliphatic carbocycles. The van der Waals surface area contributed by atoms with Crippen LogP contribution in [-0.4, -0.2) is 33.7 Å². The van der Waals surface area contributed by atoms with E-state index in [1.165, 1.54) is 0 Å². The highest BCUT2D eigenvalue weighted by Gasteiger charge is 2.24. The standard InChI is InChI=1S/C17H18N4O/c18-12-15-3-1-4-16(11-15)17(22)20-9-5-14(6-10-20)13-21-8-2-7-19-21/h1-4,7-8,11,14H,5-6,9-10,13H2. The molecule has 2 aromatic rings. The monoisotopic (exact) mass is 294 g/mol. The second-order valence-electron chi connectivity index (χ2n) is 5.66. The number of hydrogen-bond donors (Lipinski definition) is 0. The molecule has 1 aromatic carbocycles. The Morgan fingerprint density at radius 1 is 1.32 bits per heavy atom. The third-order valence-electron chi connectivity index (χ3n) is 4.14. The van der Waals surface area contributed by atoms with Gasteiger partial charge in [0.25, 0.3) is 5.91 Å². The first-order valence-electron chi connectivity index (χ1n) is 7.53. The van der Waals surface area contributed by atoms with Crippen molar-refractivity contribution in [3.8, 4) is 6.07 Å². The maximum Gasteiger partial charge on any atom is 0.253 e. The Labute approximate surface area is 129 Å². The van der Waals surface area contributed by atoms with E-state index in [1.54, 1.807) is 30.5 Å². The predicted molar refractivity (Wildman–Crippen MR) is 82.0 cm³/mol. The number of carbonyl (C=O) groups is 1. The zero-order valence-corrected chi connectivity index (χ0v) is 12.4. The van der Waals surface area contributed by atoms with Crippen LogP contribution in [0.4, 0.5) is 0 Å². The summed E-state index contributed by atoms with van der Waals surface area (Å²) in [5, 5.41) is 13.2. The number of hydrogen-bond acceptors (Lipinski definition) is 3. The lowest BCUT2D eigenvalue weighted by atomic mass is 9.96. The van der Waals surface area contributed by atoms with Crippen LogP contribution in [0.3, 0.4) is 0 Å². The topological polar surface area (TPSA) is 61.9 Å². The number of amides is 1. The Bertz CT molecular complexity index is 679. The molecule has 1 aliphatic heterocycles. The van der Waals surface area contributed by atoms with Gasteiger partial charge in [-0.1, -0.05) is 6.07 Å². The van der Waals surface area contributed by atoms with E-state index in [9.17, 15) is 4.79 Å². The van der Waals surface area contributed by atoms with Crippen LogP contribution >= 0.6 is 0 Å². The molecule has 3 rings (SSSR count). The number of benzene rings is 1. The van der Waals surface area contributed by atoms with E-state index in [0.717, 1.165) is 32.5 Å². The number of aromatic nitrogens is 2. The molecule has 2 heterocycles. The molecular formula is C17H18N4O. The molecule has 5 heteroatoms. The molecule has 1 fully saturated rings. The summed E-state index contributed by atoms with van der Waals surface area (Å²) >= 11 is 0. The average molecular weight is 294 g/mol. The average Bonchev–Trinajstić information content (AvgIpc) is 3.08. The quantitative estimate of drug-likeness (QED) is 0.872. The largest absolute Gasteiger partial charge is 0.339 e. The van der Waals surface area contributed by atoms with Crippen molar-refractivity contribution in [2.24, 2.45) is 5.92 Å². The van der Waals surface area contributed by atoms with Gasteiger partial charge < -0.3 is 4.90 Å². The van der Waals surface area contributed by atoms with Gasteiger partial charge in [0.05, 0.1) is 11.6 Å². The molecule has 0 atom stereocenters. The SMILES string of the molecule is N#Cc1cccc(C(=O)N2CCC(Cn3cccn3)CC2)c1. The normalized spacial score (nSPS) is 15.5. The van der Waals surface area contributed by atoms with Crippen LogP contribution in [0.5, 0.6) is 0 Å². The summed E-state index contributed by atoms with van der Waals surface area (Å²) in [6.45, 7) is 2.45. The van der Waals surface area contributed by atoms with Crippen molar-refractivity contribution in [1.82, 2.24) is 14.7 Å². The summed E-state index contributed by atoms with van der Waals surface area (Å²) in [7, 11) is 0. The molecular weight excluding hydrogens is 276 g/mol. The fourth-order valence-corrected chi connectivity index (χ4v) is 2.90. The van der Waals surface area contributed by atoms with Gasteiger partial charge in [0.15, 0.2) is 0 Å². The van der Waals surface area contributed by atoms with Crippen molar-refractivity contribution >= 4 is 5.91 Å². The van der Waals surface area contributed by atoms with Gasteiger partial charge in [-0.15, -0.1) is 0 Å². The molecule has 0 bridgehead atoms. The molecule has 1 saturated heterocycles. The van der Waals surface area contributed by atoms with Gasteiger partial charge in [-0.25, -0.2) is 0 Å². The van der Waals surface area contributed by atoms with Crippen molar-refractivity contribution in [3.05, 3.63) is 53.9 Å². The highest BCUT2D eigenvalue weighted by Crippen LogP contribution is 2.20. The molecule has 0 spiro atoms. The van der Waals surface area contributed by atoms with Gasteiger partial charge in [0, 0.05) is 37.6 Å². The van der Waals surface area contributed by atoms with Crippen LogP contribution in [0.2, 0.25) is 0 Å². The molecule has 1 amide bonds. The zero-order valence-electron chi connectivity index (χ0n) is 12.4. The van der Waals surface area contributed by atoms with Crippen LogP contribution in [0.15, 0.2) is 42.7 Å². The van der Waals surface area contributed by atoms with E-state index in [2.05, 4.69) is 11.2 Å². The summed E-state index contributed by atoms with van der Waals surface area (Å²) in [6.07, 6.45) is 5.75. The highest BCUT2D eigenvalue weighted by molar-refractivity contribution is 5.94. The first kappa shape index (κ1) is 14.3. The minimum atomic E-state index is 0.0228. The summed E-state index contributed by atoms with van der Waals surface area (Å²) in [5.41, 5.74) is 1.13. The van der Waals surface area contributed by atoms with Crippen molar-refractivity contribution in [2.45, 2.75) is 19.4 Å². The van der Waals surface area contributed by atoms with Crippen LogP contribution < -0.4 is 0 Å². The fraction of sp³-hybridized carbons (Fsp3) is 0.353. The second-order valence-corrected chi connectivity index (χ2v) is 5.66. The second kappa shape index (κ2) is 6.44. The lowest BCUT2D eigenvalue weighted by Gasteiger charge is -2.32. The van der Waals surface area contributed by atoms with Gasteiger partial charge in [-0.3, -0.25) is 9.48 Å². The smallest absolute Gasteiger partial charge is 0.253 e. The number of piperidine rings is 1. The van der Waals surface area contributed by atoms with E-state index < -0.39 is 0 Å². The van der Waals surface area contributed by atoms with Gasteiger partial charge in [-0.05, 0) is 43.0 Å². The highest BCUT2D eigenvalue weighted by atomic mass is 16.2. The van der Waals surface area contributed by atoms with E-state index >= 15 is 0 Å². The van der Waals surface area contributed by atoms with E-state index in [0.29, 0.717) is 17.0 Å². The number of nitrogens with zero attached hydrogens (tertiary/aromatic N) is 4. The lowest BCUT2D eigenvalue weighted by Crippen LogP contribution is -2.39. The van der Waals surface area contributed by atoms with Gasteiger partial charge in [-0.2, -0.15) is 10.4 Å². The Kier molecular flexibility index (Phi) is 4.19. The predicted octanol–water partition coefficient (Wildman–Crippen LogP) is 2.31. The molecule has 5 nitrogen and oxygen atoms in total. The van der Waals surface area contributed by atoms with Crippen molar-refractivity contribution < 1.29 is 4.79 Å². The lowest BCUT2D eigenvalue weighted by molar-refractivity contribution is 0.0681. The van der Waals surface area contributed by atoms with Gasteiger partial charge in [0.2, 0.25) is 0 Å². The molecule has 1 aliphatic rings. The van der Waals surface area contributed by atoms with E-state index in [4.69, 9.17) is 5.26 Å². The molecule has 0 saturated carbocycles. The van der Waals surface area contributed by atoms with Crippen molar-refractivity contribution in [3.63, 3.8) is 0 Å². The Hall–Kier alpha value is -2.61. The summed E-state index contributed by atoms with van der Waals surface area (Å²) < 4.78 is 1.96. The summed E-state index contributed by atoms with van der Waals surface area (Å²) in [5.74, 6) is 0.587. The maximum absolute atomic E-state index is 12.5. The van der Waals surface area contributed by atoms with Crippen LogP contribution in [0, 0.1) is 17.2 Å². The summed E-state index contributed by atoms with van der Waals surface area (Å²) in [4.78, 5) is 14.4. The number of carbonyl (C=O) groups excluding carboxylic acids is 1. The molecule has 112 valence electrons. The number of rotatable bonds is 3. The molecule has 0 radical (unpaired) electrons. The molecule has 22 heavy (non-hydrogen) atoms. The molecule has 0 unspecified atom stereocenters. The third-order valence-corrected chi connectivity index (χ3v) is 4.14. The number of nitriles is 1. The Morgan fingerprint density at radius 3 is 2.82 bits per heavy atom. The minimum absolute atomic E-state index is 0.0228. The Morgan fingerprint density at radius 2 is 2.14 bits per heavy atom. The van der Waals surface area contributed by atoms with Crippen LogP contribution in [-0.2, 0) is 6.54 Å².